The van der Waals surface area contributed by atoms with E-state index in [1.807, 2.05) is 36.4 Å². The molecule has 0 fully saturated rings. The summed E-state index contributed by atoms with van der Waals surface area (Å²) >= 11 is 5.74. The highest BCUT2D eigenvalue weighted by Crippen LogP contribution is 2.25. The molecule has 0 saturated heterocycles. The molecule has 0 aliphatic rings. The number of aromatic nitrogens is 4. The summed E-state index contributed by atoms with van der Waals surface area (Å²) in [6.07, 6.45) is 2.35. The van der Waals surface area contributed by atoms with Crippen LogP contribution in [0.2, 0.25) is 0 Å². The molecule has 1 amide bonds. The molecule has 2 heterocycles. The van der Waals surface area contributed by atoms with Crippen molar-refractivity contribution in [1.82, 2.24) is 20.2 Å². The molecule has 0 unspecified atom stereocenters. The van der Waals surface area contributed by atoms with Crippen LogP contribution in [0.1, 0.15) is 15.9 Å². The Morgan fingerprint density at radius 1 is 1.12 bits per heavy atom. The van der Waals surface area contributed by atoms with Crippen LogP contribution in [0, 0.1) is 0 Å². The lowest BCUT2D eigenvalue weighted by Gasteiger charge is -2.05. The van der Waals surface area contributed by atoms with Gasteiger partial charge in [-0.3, -0.25) is 9.89 Å². The fourth-order valence-corrected chi connectivity index (χ4v) is 2.98. The molecule has 7 heteroatoms. The van der Waals surface area contributed by atoms with E-state index in [-0.39, 0.29) is 5.91 Å². The summed E-state index contributed by atoms with van der Waals surface area (Å²) in [5.41, 5.74) is 4.64. The number of anilines is 1. The van der Waals surface area contributed by atoms with Crippen LogP contribution in [-0.4, -0.2) is 32.0 Å². The molecule has 2 aromatic carbocycles. The number of amides is 1. The fourth-order valence-electron chi connectivity index (χ4n) is 2.76. The van der Waals surface area contributed by atoms with E-state index in [1.165, 1.54) is 0 Å². The predicted octanol–water partition coefficient (Wildman–Crippen LogP) is 3.99. The number of para-hydroxylation sites is 2. The summed E-state index contributed by atoms with van der Waals surface area (Å²) < 4.78 is 0. The third-order valence-corrected chi connectivity index (χ3v) is 4.30. The Hall–Kier alpha value is -3.12. The molecule has 4 rings (SSSR count). The van der Waals surface area contributed by atoms with Crippen LogP contribution in [0.25, 0.3) is 22.6 Å². The first-order valence-electron chi connectivity index (χ1n) is 8.19. The average Bonchev–Trinajstić information content (AvgIpc) is 3.28. The van der Waals surface area contributed by atoms with Crippen molar-refractivity contribution in [3.63, 3.8) is 0 Å². The molecular formula is C19H16ClN5O. The highest BCUT2D eigenvalue weighted by atomic mass is 35.5. The van der Waals surface area contributed by atoms with Gasteiger partial charge in [-0.15, -0.1) is 11.6 Å². The lowest BCUT2D eigenvalue weighted by Crippen LogP contribution is -2.12. The average molecular weight is 366 g/mol. The second-order valence-corrected chi connectivity index (χ2v) is 6.23. The van der Waals surface area contributed by atoms with Gasteiger partial charge in [-0.2, -0.15) is 5.10 Å². The number of benzene rings is 2. The van der Waals surface area contributed by atoms with E-state index in [4.69, 9.17) is 11.6 Å². The predicted molar refractivity (Wildman–Crippen MR) is 102 cm³/mol. The number of imidazole rings is 1. The number of halogens is 1. The van der Waals surface area contributed by atoms with Crippen LogP contribution in [0.3, 0.4) is 0 Å². The van der Waals surface area contributed by atoms with Crippen LogP contribution < -0.4 is 5.32 Å². The maximum Gasteiger partial charge on any atom is 0.255 e. The van der Waals surface area contributed by atoms with Crippen molar-refractivity contribution in [1.29, 1.82) is 0 Å². The Labute approximate surface area is 154 Å². The molecule has 3 N–H and O–H groups in total. The summed E-state index contributed by atoms with van der Waals surface area (Å²) in [4.78, 5) is 20.3. The smallest absolute Gasteiger partial charge is 0.255 e. The SMILES string of the molecule is O=C(Nc1cn[nH]c1-c1nc2ccccc2[nH]1)c1ccc(CCCl)cc1. The molecule has 0 saturated carbocycles. The van der Waals surface area contributed by atoms with Crippen LogP contribution >= 0.6 is 11.6 Å². The zero-order valence-corrected chi connectivity index (χ0v) is 14.5. The van der Waals surface area contributed by atoms with Gasteiger partial charge in [-0.1, -0.05) is 24.3 Å². The van der Waals surface area contributed by atoms with Crippen molar-refractivity contribution in [2.45, 2.75) is 6.42 Å². The van der Waals surface area contributed by atoms with E-state index in [2.05, 4.69) is 25.5 Å². The van der Waals surface area contributed by atoms with Gasteiger partial charge in [0.1, 0.15) is 5.69 Å². The van der Waals surface area contributed by atoms with Crippen LogP contribution in [0.5, 0.6) is 0 Å². The largest absolute Gasteiger partial charge is 0.337 e. The van der Waals surface area contributed by atoms with Crippen molar-refractivity contribution in [2.75, 3.05) is 11.2 Å². The molecule has 4 aromatic rings. The first-order chi connectivity index (χ1) is 12.7. The Balaban J connectivity index is 1.57. The minimum Gasteiger partial charge on any atom is -0.337 e. The zero-order chi connectivity index (χ0) is 17.9. The van der Waals surface area contributed by atoms with Crippen LogP contribution in [0.4, 0.5) is 5.69 Å². The molecular weight excluding hydrogens is 350 g/mol. The standard InChI is InChI=1S/C19H16ClN5O/c20-10-9-12-5-7-13(8-6-12)19(26)24-16-11-21-25-17(16)18-22-14-3-1-2-4-15(14)23-18/h1-8,11H,9-10H2,(H,21,25)(H,22,23)(H,24,26). The number of alkyl halides is 1. The topological polar surface area (TPSA) is 86.5 Å². The quantitative estimate of drug-likeness (QED) is 0.467. The van der Waals surface area contributed by atoms with E-state index in [9.17, 15) is 4.79 Å². The molecule has 26 heavy (non-hydrogen) atoms. The minimum absolute atomic E-state index is 0.207. The number of nitrogens with zero attached hydrogens (tertiary/aromatic N) is 2. The van der Waals surface area contributed by atoms with E-state index in [0.717, 1.165) is 23.0 Å². The summed E-state index contributed by atoms with van der Waals surface area (Å²) in [6, 6.07) is 15.1. The van der Waals surface area contributed by atoms with Gasteiger partial charge in [0.25, 0.3) is 5.91 Å². The van der Waals surface area contributed by atoms with E-state index < -0.39 is 0 Å². The van der Waals surface area contributed by atoms with Crippen molar-refractivity contribution >= 4 is 34.2 Å². The van der Waals surface area contributed by atoms with Gasteiger partial charge in [0.15, 0.2) is 5.82 Å². The third-order valence-electron chi connectivity index (χ3n) is 4.11. The van der Waals surface area contributed by atoms with Gasteiger partial charge in [0.2, 0.25) is 0 Å². The van der Waals surface area contributed by atoms with Crippen LogP contribution in [-0.2, 0) is 6.42 Å². The molecule has 6 nitrogen and oxygen atoms in total. The van der Waals surface area contributed by atoms with Gasteiger partial charge in [0, 0.05) is 11.4 Å². The summed E-state index contributed by atoms with van der Waals surface area (Å²) in [5, 5.41) is 9.81. The Bertz CT molecular complexity index is 1020. The van der Waals surface area contributed by atoms with Crippen molar-refractivity contribution in [3.8, 4) is 11.5 Å². The second kappa shape index (κ2) is 7.01. The van der Waals surface area contributed by atoms with Gasteiger partial charge in [0.05, 0.1) is 22.9 Å². The highest BCUT2D eigenvalue weighted by Gasteiger charge is 2.15. The second-order valence-electron chi connectivity index (χ2n) is 5.85. The highest BCUT2D eigenvalue weighted by molar-refractivity contribution is 6.18. The van der Waals surface area contributed by atoms with Gasteiger partial charge in [-0.25, -0.2) is 4.98 Å². The maximum atomic E-state index is 12.5. The molecule has 0 spiro atoms. The molecule has 0 atom stereocenters. The Kier molecular flexibility index (Phi) is 4.41. The molecule has 130 valence electrons. The normalized spacial score (nSPS) is 11.0. The van der Waals surface area contributed by atoms with Gasteiger partial charge >= 0.3 is 0 Å². The number of aryl methyl sites for hydroxylation is 1. The summed E-state index contributed by atoms with van der Waals surface area (Å²) in [5.74, 6) is 0.971. The lowest BCUT2D eigenvalue weighted by molar-refractivity contribution is 0.102. The van der Waals surface area contributed by atoms with E-state index >= 15 is 0 Å². The monoisotopic (exact) mass is 365 g/mol. The number of carbonyl (C=O) groups is 1. The summed E-state index contributed by atoms with van der Waals surface area (Å²) in [7, 11) is 0. The first-order valence-corrected chi connectivity index (χ1v) is 8.73. The number of hydrogen-bond acceptors (Lipinski definition) is 3. The molecule has 0 radical (unpaired) electrons. The third kappa shape index (κ3) is 3.19. The fraction of sp³-hybridized carbons (Fsp3) is 0.105. The number of H-pyrrole nitrogens is 2. The molecule has 0 aliphatic carbocycles. The Morgan fingerprint density at radius 3 is 2.69 bits per heavy atom. The van der Waals surface area contributed by atoms with E-state index in [0.29, 0.717) is 28.6 Å². The minimum atomic E-state index is -0.207. The summed E-state index contributed by atoms with van der Waals surface area (Å²) in [6.45, 7) is 0. The van der Waals surface area contributed by atoms with Crippen molar-refractivity contribution < 1.29 is 4.79 Å². The number of aromatic amines is 2. The number of rotatable bonds is 5. The number of fused-ring (bicyclic) bond motifs is 1. The van der Waals surface area contributed by atoms with Crippen molar-refractivity contribution in [3.05, 3.63) is 65.9 Å². The molecule has 0 bridgehead atoms. The first kappa shape index (κ1) is 16.4. The number of hydrogen-bond donors (Lipinski definition) is 3. The van der Waals surface area contributed by atoms with Gasteiger partial charge < -0.3 is 10.3 Å². The Morgan fingerprint density at radius 2 is 1.92 bits per heavy atom. The number of nitrogens with one attached hydrogen (secondary N) is 3. The van der Waals surface area contributed by atoms with E-state index in [1.54, 1.807) is 18.3 Å². The number of carbonyl (C=O) groups excluding carboxylic acids is 1. The van der Waals surface area contributed by atoms with Crippen molar-refractivity contribution in [2.24, 2.45) is 0 Å². The maximum absolute atomic E-state index is 12.5. The van der Waals surface area contributed by atoms with Gasteiger partial charge in [-0.05, 0) is 36.2 Å². The molecule has 0 aliphatic heterocycles. The zero-order valence-electron chi connectivity index (χ0n) is 13.8. The van der Waals surface area contributed by atoms with Crippen LogP contribution in [0.15, 0.2) is 54.7 Å². The lowest BCUT2D eigenvalue weighted by atomic mass is 10.1. The molecule has 2 aromatic heterocycles.